The summed E-state index contributed by atoms with van der Waals surface area (Å²) in [6, 6.07) is 11.8. The lowest BCUT2D eigenvalue weighted by molar-refractivity contribution is -0.140. The standard InChI is InChI=1S/C25H32Cl2N2O4/c1-4-5-15-28-25(31)18(2)29(17-21-22(26)8-6-9-23(21)27)24(30)10-7-16-33-20-13-11-19(32-3)12-14-20/h6,8-9,11-14,18H,4-5,7,10,15-17H2,1-3H3,(H,28,31)/t18-/m1/s1. The SMILES string of the molecule is CCCCNC(=O)[C@@H](C)N(Cc1c(Cl)cccc1Cl)C(=O)CCCOc1ccc(OC)cc1. The first-order valence-electron chi connectivity index (χ1n) is 11.1. The van der Waals surface area contributed by atoms with E-state index in [0.717, 1.165) is 18.6 Å². The van der Waals surface area contributed by atoms with Crippen LogP contribution in [0, 0.1) is 0 Å². The monoisotopic (exact) mass is 494 g/mol. The number of nitrogens with one attached hydrogen (secondary N) is 1. The van der Waals surface area contributed by atoms with Crippen molar-refractivity contribution in [3.63, 3.8) is 0 Å². The molecule has 33 heavy (non-hydrogen) atoms. The summed E-state index contributed by atoms with van der Waals surface area (Å²) in [5.41, 5.74) is 0.622. The van der Waals surface area contributed by atoms with Gasteiger partial charge in [-0.15, -0.1) is 0 Å². The number of hydrogen-bond acceptors (Lipinski definition) is 4. The van der Waals surface area contributed by atoms with Gasteiger partial charge in [-0.3, -0.25) is 9.59 Å². The van der Waals surface area contributed by atoms with Crippen molar-refractivity contribution in [2.75, 3.05) is 20.3 Å². The van der Waals surface area contributed by atoms with Gasteiger partial charge in [0, 0.05) is 35.1 Å². The summed E-state index contributed by atoms with van der Waals surface area (Å²) in [5, 5.41) is 3.82. The number of halogens is 2. The predicted octanol–water partition coefficient (Wildman–Crippen LogP) is 5.49. The fourth-order valence-electron chi connectivity index (χ4n) is 3.20. The molecule has 0 saturated heterocycles. The molecule has 0 spiro atoms. The van der Waals surface area contributed by atoms with E-state index in [2.05, 4.69) is 12.2 Å². The van der Waals surface area contributed by atoms with Gasteiger partial charge in [-0.05, 0) is 56.2 Å². The van der Waals surface area contributed by atoms with Gasteiger partial charge in [0.25, 0.3) is 0 Å². The van der Waals surface area contributed by atoms with E-state index in [1.807, 2.05) is 24.3 Å². The van der Waals surface area contributed by atoms with E-state index in [-0.39, 0.29) is 24.8 Å². The molecule has 8 heteroatoms. The number of amides is 2. The third kappa shape index (κ3) is 8.45. The second-order valence-electron chi connectivity index (χ2n) is 7.67. The third-order valence-corrected chi connectivity index (χ3v) is 5.96. The Morgan fingerprint density at radius 2 is 1.67 bits per heavy atom. The molecule has 0 aliphatic heterocycles. The van der Waals surface area contributed by atoms with Crippen molar-refractivity contribution in [3.05, 3.63) is 58.1 Å². The van der Waals surface area contributed by atoms with E-state index in [9.17, 15) is 9.59 Å². The first-order chi connectivity index (χ1) is 15.9. The maximum atomic E-state index is 13.1. The molecule has 1 atom stereocenters. The number of methoxy groups -OCH3 is 1. The third-order valence-electron chi connectivity index (χ3n) is 5.25. The van der Waals surface area contributed by atoms with Crippen molar-refractivity contribution in [2.24, 2.45) is 0 Å². The highest BCUT2D eigenvalue weighted by molar-refractivity contribution is 6.36. The Morgan fingerprint density at radius 1 is 1.03 bits per heavy atom. The number of ether oxygens (including phenoxy) is 2. The zero-order chi connectivity index (χ0) is 24.2. The molecule has 180 valence electrons. The minimum Gasteiger partial charge on any atom is -0.497 e. The minimum absolute atomic E-state index is 0.152. The highest BCUT2D eigenvalue weighted by Crippen LogP contribution is 2.27. The van der Waals surface area contributed by atoms with Gasteiger partial charge in [-0.1, -0.05) is 42.6 Å². The van der Waals surface area contributed by atoms with Crippen LogP contribution in [-0.2, 0) is 16.1 Å². The maximum absolute atomic E-state index is 13.1. The molecule has 0 bridgehead atoms. The van der Waals surface area contributed by atoms with Crippen LogP contribution in [0.15, 0.2) is 42.5 Å². The summed E-state index contributed by atoms with van der Waals surface area (Å²) < 4.78 is 10.9. The van der Waals surface area contributed by atoms with E-state index in [1.54, 1.807) is 32.2 Å². The van der Waals surface area contributed by atoms with Crippen molar-refractivity contribution in [2.45, 2.75) is 52.1 Å². The highest BCUT2D eigenvalue weighted by atomic mass is 35.5. The van der Waals surface area contributed by atoms with Gasteiger partial charge in [0.2, 0.25) is 11.8 Å². The molecule has 0 aliphatic carbocycles. The summed E-state index contributed by atoms with van der Waals surface area (Å²) in [7, 11) is 1.61. The quantitative estimate of drug-likeness (QED) is 0.373. The van der Waals surface area contributed by atoms with Gasteiger partial charge < -0.3 is 19.7 Å². The van der Waals surface area contributed by atoms with Crippen molar-refractivity contribution >= 4 is 35.0 Å². The summed E-state index contributed by atoms with van der Waals surface area (Å²) in [5.74, 6) is 1.08. The van der Waals surface area contributed by atoms with Crippen molar-refractivity contribution in [1.82, 2.24) is 10.2 Å². The topological polar surface area (TPSA) is 67.9 Å². The van der Waals surface area contributed by atoms with Gasteiger partial charge in [-0.2, -0.15) is 0 Å². The van der Waals surface area contributed by atoms with E-state index >= 15 is 0 Å². The van der Waals surface area contributed by atoms with Crippen LogP contribution in [0.5, 0.6) is 11.5 Å². The van der Waals surface area contributed by atoms with Crippen LogP contribution in [0.1, 0.15) is 45.1 Å². The number of rotatable bonds is 13. The Balaban J connectivity index is 2.02. The van der Waals surface area contributed by atoms with Crippen molar-refractivity contribution in [3.8, 4) is 11.5 Å². The minimum atomic E-state index is -0.663. The number of carbonyl (C=O) groups excluding carboxylic acids is 2. The fourth-order valence-corrected chi connectivity index (χ4v) is 3.72. The molecule has 0 heterocycles. The zero-order valence-corrected chi connectivity index (χ0v) is 20.9. The largest absolute Gasteiger partial charge is 0.497 e. The van der Waals surface area contributed by atoms with E-state index < -0.39 is 6.04 Å². The lowest BCUT2D eigenvalue weighted by atomic mass is 10.1. The molecule has 2 aromatic carbocycles. The van der Waals surface area contributed by atoms with Gasteiger partial charge in [0.15, 0.2) is 0 Å². The van der Waals surface area contributed by atoms with Gasteiger partial charge >= 0.3 is 0 Å². The van der Waals surface area contributed by atoms with E-state index in [1.165, 1.54) is 4.90 Å². The molecule has 0 aromatic heterocycles. The fraction of sp³-hybridized carbons (Fsp3) is 0.440. The Kier molecular flexibility index (Phi) is 11.3. The molecule has 0 unspecified atom stereocenters. The molecule has 2 rings (SSSR count). The molecule has 6 nitrogen and oxygen atoms in total. The smallest absolute Gasteiger partial charge is 0.242 e. The lowest BCUT2D eigenvalue weighted by Crippen LogP contribution is -2.47. The van der Waals surface area contributed by atoms with Crippen LogP contribution in [0.2, 0.25) is 10.0 Å². The van der Waals surface area contributed by atoms with E-state index in [0.29, 0.717) is 40.9 Å². The second kappa shape index (κ2) is 14.0. The molecule has 2 aromatic rings. The number of hydrogen-bond donors (Lipinski definition) is 1. The van der Waals surface area contributed by atoms with Crippen LogP contribution in [0.3, 0.4) is 0 Å². The number of unbranched alkanes of at least 4 members (excludes halogenated alkanes) is 1. The highest BCUT2D eigenvalue weighted by Gasteiger charge is 2.27. The molecular weight excluding hydrogens is 463 g/mol. The predicted molar refractivity (Wildman–Crippen MR) is 132 cm³/mol. The number of carbonyl (C=O) groups is 2. The van der Waals surface area contributed by atoms with Crippen LogP contribution in [0.25, 0.3) is 0 Å². The van der Waals surface area contributed by atoms with Crippen LogP contribution >= 0.6 is 23.2 Å². The van der Waals surface area contributed by atoms with Crippen molar-refractivity contribution in [1.29, 1.82) is 0 Å². The Bertz CT molecular complexity index is 886. The average molecular weight is 495 g/mol. The van der Waals surface area contributed by atoms with Gasteiger partial charge in [0.05, 0.1) is 13.7 Å². The molecule has 0 fully saturated rings. The normalized spacial score (nSPS) is 11.5. The first kappa shape index (κ1) is 26.8. The zero-order valence-electron chi connectivity index (χ0n) is 19.4. The molecule has 2 amide bonds. The molecular formula is C25H32Cl2N2O4. The Labute approximate surface area is 206 Å². The Hall–Kier alpha value is -2.44. The van der Waals surface area contributed by atoms with Gasteiger partial charge in [-0.25, -0.2) is 0 Å². The molecule has 0 saturated carbocycles. The van der Waals surface area contributed by atoms with E-state index in [4.69, 9.17) is 32.7 Å². The van der Waals surface area contributed by atoms with Crippen molar-refractivity contribution < 1.29 is 19.1 Å². The maximum Gasteiger partial charge on any atom is 0.242 e. The Morgan fingerprint density at radius 3 is 2.27 bits per heavy atom. The summed E-state index contributed by atoms with van der Waals surface area (Å²) in [6.07, 6.45) is 2.58. The molecule has 0 radical (unpaired) electrons. The summed E-state index contributed by atoms with van der Waals surface area (Å²) in [6.45, 7) is 4.87. The first-order valence-corrected chi connectivity index (χ1v) is 11.9. The number of benzene rings is 2. The number of nitrogens with zero attached hydrogens (tertiary/aromatic N) is 1. The average Bonchev–Trinajstić information content (AvgIpc) is 2.81. The lowest BCUT2D eigenvalue weighted by Gasteiger charge is -2.29. The summed E-state index contributed by atoms with van der Waals surface area (Å²) in [4.78, 5) is 27.3. The summed E-state index contributed by atoms with van der Waals surface area (Å²) >= 11 is 12.7. The molecule has 0 aliphatic rings. The van der Waals surface area contributed by atoms with Gasteiger partial charge in [0.1, 0.15) is 17.5 Å². The second-order valence-corrected chi connectivity index (χ2v) is 8.48. The van der Waals surface area contributed by atoms with Crippen LogP contribution in [0.4, 0.5) is 0 Å². The van der Waals surface area contributed by atoms with Crippen LogP contribution < -0.4 is 14.8 Å². The van der Waals surface area contributed by atoms with Crippen LogP contribution in [-0.4, -0.2) is 43.0 Å². The molecule has 1 N–H and O–H groups in total.